The molecule has 0 saturated carbocycles. The molecule has 0 saturated heterocycles. The summed E-state index contributed by atoms with van der Waals surface area (Å²) in [4.78, 5) is 4.34. The summed E-state index contributed by atoms with van der Waals surface area (Å²) in [5, 5.41) is 0. The third kappa shape index (κ3) is 2.81. The SMILES string of the molecule is C=C/C(C)=C(\N=CC)c1ccc(N)cc1. The maximum absolute atomic E-state index is 5.63. The fourth-order valence-corrected chi connectivity index (χ4v) is 1.27. The highest BCUT2D eigenvalue weighted by atomic mass is 14.7. The first-order valence-corrected chi connectivity index (χ1v) is 4.87. The standard InChI is InChI=1S/C13H16N2/c1-4-10(3)13(15-5-2)11-6-8-12(14)9-7-11/h4-9H,1,14H2,2-3H3/b13-10-,15-5?. The molecule has 0 amide bonds. The predicted molar refractivity (Wildman–Crippen MR) is 67.8 cm³/mol. The summed E-state index contributed by atoms with van der Waals surface area (Å²) in [5.41, 5.74) is 9.44. The molecule has 0 aromatic heterocycles. The van der Waals surface area contributed by atoms with Crippen LogP contribution in [-0.4, -0.2) is 6.21 Å². The molecular formula is C13H16N2. The van der Waals surface area contributed by atoms with Crippen molar-refractivity contribution in [3.05, 3.63) is 48.1 Å². The van der Waals surface area contributed by atoms with E-state index in [1.807, 2.05) is 38.1 Å². The molecule has 0 aliphatic carbocycles. The van der Waals surface area contributed by atoms with E-state index in [1.165, 1.54) is 0 Å². The van der Waals surface area contributed by atoms with Gasteiger partial charge in [0.2, 0.25) is 0 Å². The minimum atomic E-state index is 0.759. The van der Waals surface area contributed by atoms with E-state index < -0.39 is 0 Å². The van der Waals surface area contributed by atoms with Crippen LogP contribution in [0.1, 0.15) is 19.4 Å². The number of nitrogens with zero attached hydrogens (tertiary/aromatic N) is 1. The van der Waals surface area contributed by atoms with Gasteiger partial charge in [0.15, 0.2) is 0 Å². The molecule has 0 aliphatic rings. The zero-order valence-corrected chi connectivity index (χ0v) is 9.20. The normalized spacial score (nSPS) is 12.7. The Morgan fingerprint density at radius 1 is 1.33 bits per heavy atom. The van der Waals surface area contributed by atoms with Crippen LogP contribution in [-0.2, 0) is 0 Å². The fourth-order valence-electron chi connectivity index (χ4n) is 1.27. The average Bonchev–Trinajstić information content (AvgIpc) is 2.26. The molecule has 2 heteroatoms. The molecule has 2 N–H and O–H groups in total. The van der Waals surface area contributed by atoms with Gasteiger partial charge in [0, 0.05) is 17.5 Å². The Morgan fingerprint density at radius 2 is 1.93 bits per heavy atom. The van der Waals surface area contributed by atoms with E-state index in [9.17, 15) is 0 Å². The number of rotatable bonds is 3. The van der Waals surface area contributed by atoms with Crippen molar-refractivity contribution in [1.82, 2.24) is 0 Å². The maximum atomic E-state index is 5.63. The molecule has 0 fully saturated rings. The quantitative estimate of drug-likeness (QED) is 0.454. The second-order valence-electron chi connectivity index (χ2n) is 3.25. The summed E-state index contributed by atoms with van der Waals surface area (Å²) < 4.78 is 0. The maximum Gasteiger partial charge on any atom is 0.0726 e. The number of allylic oxidation sites excluding steroid dienone is 2. The number of hydrogen-bond donors (Lipinski definition) is 1. The van der Waals surface area contributed by atoms with Crippen LogP contribution in [0.2, 0.25) is 0 Å². The molecular weight excluding hydrogens is 184 g/mol. The van der Waals surface area contributed by atoms with Crippen molar-refractivity contribution in [2.45, 2.75) is 13.8 Å². The summed E-state index contributed by atoms with van der Waals surface area (Å²) in [7, 11) is 0. The second-order valence-corrected chi connectivity index (χ2v) is 3.25. The smallest absolute Gasteiger partial charge is 0.0726 e. The monoisotopic (exact) mass is 200 g/mol. The highest BCUT2D eigenvalue weighted by Crippen LogP contribution is 2.21. The van der Waals surface area contributed by atoms with E-state index in [4.69, 9.17) is 5.73 Å². The van der Waals surface area contributed by atoms with E-state index in [1.54, 1.807) is 12.3 Å². The van der Waals surface area contributed by atoms with E-state index in [2.05, 4.69) is 11.6 Å². The highest BCUT2D eigenvalue weighted by Gasteiger charge is 2.01. The Hall–Kier alpha value is -1.83. The summed E-state index contributed by atoms with van der Waals surface area (Å²) in [6, 6.07) is 7.67. The third-order valence-electron chi connectivity index (χ3n) is 2.12. The van der Waals surface area contributed by atoms with Crippen molar-refractivity contribution in [1.29, 1.82) is 0 Å². The van der Waals surface area contributed by atoms with Crippen LogP contribution in [0, 0.1) is 0 Å². The molecule has 1 rings (SSSR count). The van der Waals surface area contributed by atoms with E-state index in [-0.39, 0.29) is 0 Å². The van der Waals surface area contributed by atoms with Gasteiger partial charge >= 0.3 is 0 Å². The Balaban J connectivity index is 3.22. The Kier molecular flexibility index (Phi) is 3.86. The van der Waals surface area contributed by atoms with Gasteiger partial charge in [-0.15, -0.1) is 0 Å². The number of nitrogens with two attached hydrogens (primary N) is 1. The first kappa shape index (κ1) is 11.2. The van der Waals surface area contributed by atoms with Crippen molar-refractivity contribution in [3.63, 3.8) is 0 Å². The first-order chi connectivity index (χ1) is 7.19. The lowest BCUT2D eigenvalue weighted by atomic mass is 10.1. The van der Waals surface area contributed by atoms with Gasteiger partial charge in [0.05, 0.1) is 5.70 Å². The van der Waals surface area contributed by atoms with Crippen molar-refractivity contribution < 1.29 is 0 Å². The third-order valence-corrected chi connectivity index (χ3v) is 2.12. The van der Waals surface area contributed by atoms with E-state index >= 15 is 0 Å². The van der Waals surface area contributed by atoms with E-state index in [0.29, 0.717) is 0 Å². The van der Waals surface area contributed by atoms with Gasteiger partial charge in [-0.2, -0.15) is 0 Å². The molecule has 0 atom stereocenters. The molecule has 78 valence electrons. The molecule has 0 spiro atoms. The lowest BCUT2D eigenvalue weighted by Crippen LogP contribution is -1.88. The van der Waals surface area contributed by atoms with Crippen LogP contribution in [0.15, 0.2) is 47.5 Å². The number of aliphatic imine (C=N–C) groups is 1. The minimum absolute atomic E-state index is 0.759. The van der Waals surface area contributed by atoms with Crippen LogP contribution in [0.4, 0.5) is 5.69 Å². The van der Waals surface area contributed by atoms with Crippen LogP contribution < -0.4 is 5.73 Å². The number of anilines is 1. The lowest BCUT2D eigenvalue weighted by molar-refractivity contribution is 1.42. The average molecular weight is 200 g/mol. The largest absolute Gasteiger partial charge is 0.399 e. The van der Waals surface area contributed by atoms with Crippen molar-refractivity contribution >= 4 is 17.6 Å². The first-order valence-electron chi connectivity index (χ1n) is 4.87. The summed E-state index contributed by atoms with van der Waals surface area (Å²) in [5.74, 6) is 0. The summed E-state index contributed by atoms with van der Waals surface area (Å²) >= 11 is 0. The van der Waals surface area contributed by atoms with Crippen molar-refractivity contribution in [2.24, 2.45) is 4.99 Å². The fraction of sp³-hybridized carbons (Fsp3) is 0.154. The number of hydrogen-bond acceptors (Lipinski definition) is 2. The Morgan fingerprint density at radius 3 is 2.40 bits per heavy atom. The van der Waals surface area contributed by atoms with Gasteiger partial charge in [0.25, 0.3) is 0 Å². The van der Waals surface area contributed by atoms with Gasteiger partial charge in [0.1, 0.15) is 0 Å². The molecule has 0 unspecified atom stereocenters. The van der Waals surface area contributed by atoms with Gasteiger partial charge in [-0.25, -0.2) is 0 Å². The Labute approximate surface area is 90.8 Å². The summed E-state index contributed by atoms with van der Waals surface area (Å²) in [6.07, 6.45) is 3.58. The van der Waals surface area contributed by atoms with Crippen LogP contribution in [0.25, 0.3) is 5.70 Å². The molecule has 1 aromatic carbocycles. The molecule has 0 heterocycles. The predicted octanol–water partition coefficient (Wildman–Crippen LogP) is 3.28. The zero-order chi connectivity index (χ0) is 11.3. The van der Waals surface area contributed by atoms with Crippen LogP contribution in [0.5, 0.6) is 0 Å². The topological polar surface area (TPSA) is 38.4 Å². The van der Waals surface area contributed by atoms with Crippen LogP contribution >= 0.6 is 0 Å². The van der Waals surface area contributed by atoms with E-state index in [0.717, 1.165) is 22.5 Å². The molecule has 0 bridgehead atoms. The molecule has 0 aliphatic heterocycles. The van der Waals surface area contributed by atoms with Gasteiger partial charge in [-0.3, -0.25) is 4.99 Å². The summed E-state index contributed by atoms with van der Waals surface area (Å²) in [6.45, 7) is 7.64. The molecule has 1 aromatic rings. The molecule has 15 heavy (non-hydrogen) atoms. The zero-order valence-electron chi connectivity index (χ0n) is 9.20. The molecule has 0 radical (unpaired) electrons. The van der Waals surface area contributed by atoms with Gasteiger partial charge < -0.3 is 5.73 Å². The highest BCUT2D eigenvalue weighted by molar-refractivity contribution is 5.76. The van der Waals surface area contributed by atoms with Gasteiger partial charge in [-0.1, -0.05) is 24.8 Å². The number of nitrogen functional groups attached to an aromatic ring is 1. The van der Waals surface area contributed by atoms with Crippen molar-refractivity contribution in [2.75, 3.05) is 5.73 Å². The van der Waals surface area contributed by atoms with Crippen LogP contribution in [0.3, 0.4) is 0 Å². The molecule has 2 nitrogen and oxygen atoms in total. The second kappa shape index (κ2) is 5.15. The number of benzene rings is 1. The minimum Gasteiger partial charge on any atom is -0.399 e. The lowest BCUT2D eigenvalue weighted by Gasteiger charge is -2.05. The van der Waals surface area contributed by atoms with Crippen molar-refractivity contribution in [3.8, 4) is 0 Å². The Bertz CT molecular complexity index is 397. The van der Waals surface area contributed by atoms with Gasteiger partial charge in [-0.05, 0) is 31.6 Å².